The Bertz CT molecular complexity index is 852. The Morgan fingerprint density at radius 1 is 1.19 bits per heavy atom. The first-order valence-electron chi connectivity index (χ1n) is 8.48. The van der Waals surface area contributed by atoms with Gasteiger partial charge in [0.1, 0.15) is 5.82 Å². The molecule has 2 aromatic rings. The minimum Gasteiger partial charge on any atom is -0.355 e. The van der Waals surface area contributed by atoms with E-state index < -0.39 is 4.92 Å². The molecule has 0 bridgehead atoms. The second-order valence-electron chi connectivity index (χ2n) is 6.46. The van der Waals surface area contributed by atoms with Crippen molar-refractivity contribution >= 4 is 23.2 Å². The van der Waals surface area contributed by atoms with Crippen molar-refractivity contribution in [1.82, 2.24) is 5.32 Å². The van der Waals surface area contributed by atoms with Gasteiger partial charge in [-0.25, -0.2) is 4.39 Å². The predicted octanol–water partition coefficient (Wildman–Crippen LogP) is 2.45. The van der Waals surface area contributed by atoms with Crippen LogP contribution in [0, 0.1) is 21.8 Å². The van der Waals surface area contributed by atoms with Crippen molar-refractivity contribution in [2.75, 3.05) is 18.0 Å². The zero-order valence-corrected chi connectivity index (χ0v) is 14.4. The molecular weight excluding hydrogens is 353 g/mol. The molecule has 1 N–H and O–H groups in total. The highest BCUT2D eigenvalue weighted by molar-refractivity contribution is 5.95. The van der Waals surface area contributed by atoms with Gasteiger partial charge in [-0.05, 0) is 29.8 Å². The summed E-state index contributed by atoms with van der Waals surface area (Å²) in [7, 11) is 0. The Morgan fingerprint density at radius 3 is 2.48 bits per heavy atom. The number of hydrogen-bond donors (Lipinski definition) is 1. The molecule has 0 aliphatic carbocycles. The highest BCUT2D eigenvalue weighted by atomic mass is 19.1. The van der Waals surface area contributed by atoms with Gasteiger partial charge in [-0.15, -0.1) is 0 Å². The number of anilines is 1. The van der Waals surface area contributed by atoms with Crippen LogP contribution in [0.15, 0.2) is 48.5 Å². The van der Waals surface area contributed by atoms with E-state index in [-0.39, 0.29) is 35.7 Å². The third-order valence-corrected chi connectivity index (χ3v) is 4.44. The van der Waals surface area contributed by atoms with E-state index in [9.17, 15) is 24.1 Å². The summed E-state index contributed by atoms with van der Waals surface area (Å²) < 4.78 is 13.0. The van der Waals surface area contributed by atoms with Crippen LogP contribution in [0.5, 0.6) is 0 Å². The van der Waals surface area contributed by atoms with E-state index >= 15 is 0 Å². The first-order valence-corrected chi connectivity index (χ1v) is 8.48. The second kappa shape index (κ2) is 7.94. The van der Waals surface area contributed by atoms with Crippen LogP contribution in [-0.4, -0.2) is 29.8 Å². The third kappa shape index (κ3) is 4.66. The minimum absolute atomic E-state index is 0.0236. The minimum atomic E-state index is -0.492. The van der Waals surface area contributed by atoms with Crippen molar-refractivity contribution in [2.24, 2.45) is 5.92 Å². The largest absolute Gasteiger partial charge is 0.355 e. The fourth-order valence-corrected chi connectivity index (χ4v) is 3.03. The molecule has 1 unspecified atom stereocenters. The van der Waals surface area contributed by atoms with E-state index in [1.54, 1.807) is 29.2 Å². The molecule has 0 saturated carbocycles. The molecule has 8 heteroatoms. The van der Waals surface area contributed by atoms with Gasteiger partial charge in [-0.1, -0.05) is 12.1 Å². The predicted molar refractivity (Wildman–Crippen MR) is 96.7 cm³/mol. The summed E-state index contributed by atoms with van der Waals surface area (Å²) >= 11 is 0. The van der Waals surface area contributed by atoms with E-state index in [0.29, 0.717) is 30.8 Å². The van der Waals surface area contributed by atoms with Crippen LogP contribution in [0.25, 0.3) is 0 Å². The van der Waals surface area contributed by atoms with Gasteiger partial charge in [-0.3, -0.25) is 19.7 Å². The molecule has 1 aliphatic heterocycles. The van der Waals surface area contributed by atoms with Crippen LogP contribution in [0.4, 0.5) is 15.8 Å². The third-order valence-electron chi connectivity index (χ3n) is 4.44. The SMILES string of the molecule is O=C(Cc1ccc([N+](=O)[O-])cc1)NCC1CC(=O)N(c2ccc(F)cc2)C1. The molecule has 2 amide bonds. The molecule has 0 spiro atoms. The van der Waals surface area contributed by atoms with E-state index in [2.05, 4.69) is 5.32 Å². The lowest BCUT2D eigenvalue weighted by Gasteiger charge is -2.17. The van der Waals surface area contributed by atoms with Crippen LogP contribution in [0.2, 0.25) is 0 Å². The summed E-state index contributed by atoms with van der Waals surface area (Å²) in [6.45, 7) is 0.817. The number of benzene rings is 2. The zero-order chi connectivity index (χ0) is 19.4. The number of non-ortho nitro benzene ring substituents is 1. The highest BCUT2D eigenvalue weighted by Crippen LogP contribution is 2.24. The number of amides is 2. The summed E-state index contributed by atoms with van der Waals surface area (Å²) in [6, 6.07) is 11.5. The number of carbonyl (C=O) groups excluding carboxylic acids is 2. The van der Waals surface area contributed by atoms with Gasteiger partial charge in [0.05, 0.1) is 11.3 Å². The summed E-state index contributed by atoms with van der Waals surface area (Å²) in [5.41, 5.74) is 1.29. The van der Waals surface area contributed by atoms with Gasteiger partial charge in [0.25, 0.3) is 5.69 Å². The van der Waals surface area contributed by atoms with Gasteiger partial charge >= 0.3 is 0 Å². The molecule has 0 radical (unpaired) electrons. The van der Waals surface area contributed by atoms with Gasteiger partial charge in [0.15, 0.2) is 0 Å². The Morgan fingerprint density at radius 2 is 1.85 bits per heavy atom. The molecule has 7 nitrogen and oxygen atoms in total. The summed E-state index contributed by atoms with van der Waals surface area (Å²) in [5, 5.41) is 13.4. The normalized spacial score (nSPS) is 16.4. The number of nitrogens with zero attached hydrogens (tertiary/aromatic N) is 2. The van der Waals surface area contributed by atoms with E-state index in [0.717, 1.165) is 0 Å². The number of halogens is 1. The Kier molecular flexibility index (Phi) is 5.44. The second-order valence-corrected chi connectivity index (χ2v) is 6.46. The van der Waals surface area contributed by atoms with Crippen molar-refractivity contribution in [3.63, 3.8) is 0 Å². The topological polar surface area (TPSA) is 92.5 Å². The molecule has 140 valence electrons. The first kappa shape index (κ1) is 18.5. The molecular formula is C19H18FN3O4. The van der Waals surface area contributed by atoms with Crippen LogP contribution in [0.1, 0.15) is 12.0 Å². The number of carbonyl (C=O) groups is 2. The highest BCUT2D eigenvalue weighted by Gasteiger charge is 2.30. The molecule has 3 rings (SSSR count). The lowest BCUT2D eigenvalue weighted by atomic mass is 10.1. The lowest BCUT2D eigenvalue weighted by Crippen LogP contribution is -2.32. The van der Waals surface area contributed by atoms with Gasteiger partial charge in [-0.2, -0.15) is 0 Å². The molecule has 1 saturated heterocycles. The Labute approximate surface area is 154 Å². The fraction of sp³-hybridized carbons (Fsp3) is 0.263. The Hall–Kier alpha value is -3.29. The van der Waals surface area contributed by atoms with E-state index in [1.165, 1.54) is 24.3 Å². The van der Waals surface area contributed by atoms with Gasteiger partial charge < -0.3 is 10.2 Å². The number of nitro groups is 1. The fourth-order valence-electron chi connectivity index (χ4n) is 3.03. The number of nitrogens with one attached hydrogen (secondary N) is 1. The number of nitro benzene ring substituents is 1. The van der Waals surface area contributed by atoms with Crippen LogP contribution in [-0.2, 0) is 16.0 Å². The van der Waals surface area contributed by atoms with E-state index in [4.69, 9.17) is 0 Å². The number of hydrogen-bond acceptors (Lipinski definition) is 4. The van der Waals surface area contributed by atoms with Gasteiger partial charge in [0, 0.05) is 43.2 Å². The monoisotopic (exact) mass is 371 g/mol. The molecule has 1 atom stereocenters. The van der Waals surface area contributed by atoms with Gasteiger partial charge in [0.2, 0.25) is 11.8 Å². The van der Waals surface area contributed by atoms with E-state index in [1.807, 2.05) is 0 Å². The van der Waals surface area contributed by atoms with Crippen LogP contribution in [0.3, 0.4) is 0 Å². The van der Waals surface area contributed by atoms with Crippen molar-refractivity contribution in [1.29, 1.82) is 0 Å². The summed E-state index contributed by atoms with van der Waals surface area (Å²) in [5.74, 6) is -0.656. The lowest BCUT2D eigenvalue weighted by molar-refractivity contribution is -0.384. The maximum atomic E-state index is 13.0. The smallest absolute Gasteiger partial charge is 0.269 e. The van der Waals surface area contributed by atoms with Crippen molar-refractivity contribution in [2.45, 2.75) is 12.8 Å². The van der Waals surface area contributed by atoms with Crippen LogP contribution < -0.4 is 10.2 Å². The molecule has 2 aromatic carbocycles. The zero-order valence-electron chi connectivity index (χ0n) is 14.4. The summed E-state index contributed by atoms with van der Waals surface area (Å²) in [4.78, 5) is 36.0. The molecule has 1 fully saturated rings. The average Bonchev–Trinajstić information content (AvgIpc) is 3.02. The standard InChI is InChI=1S/C19H18FN3O4/c20-15-3-7-16(8-4-15)22-12-14(10-19(22)25)11-21-18(24)9-13-1-5-17(6-2-13)23(26)27/h1-8,14H,9-12H2,(H,21,24). The van der Waals surface area contributed by atoms with Crippen molar-refractivity contribution in [3.8, 4) is 0 Å². The van der Waals surface area contributed by atoms with Crippen LogP contribution >= 0.6 is 0 Å². The average molecular weight is 371 g/mol. The maximum absolute atomic E-state index is 13.0. The molecule has 27 heavy (non-hydrogen) atoms. The molecule has 0 aromatic heterocycles. The molecule has 1 heterocycles. The van der Waals surface area contributed by atoms with Crippen molar-refractivity contribution < 1.29 is 18.9 Å². The Balaban J connectivity index is 1.50. The first-order chi connectivity index (χ1) is 12.9. The maximum Gasteiger partial charge on any atom is 0.269 e. The quantitative estimate of drug-likeness (QED) is 0.624. The molecule has 1 aliphatic rings. The summed E-state index contributed by atoms with van der Waals surface area (Å²) in [6.07, 6.45) is 0.426. The van der Waals surface area contributed by atoms with Crippen molar-refractivity contribution in [3.05, 3.63) is 70.0 Å². The number of rotatable bonds is 6.